The van der Waals surface area contributed by atoms with E-state index >= 15 is 0 Å². The fourth-order valence-electron chi connectivity index (χ4n) is 5.05. The van der Waals surface area contributed by atoms with E-state index in [0.717, 1.165) is 69.4 Å². The summed E-state index contributed by atoms with van der Waals surface area (Å²) < 4.78 is 5.49. The molecule has 1 aliphatic carbocycles. The largest absolute Gasteiger partial charge is 0.343 e. The van der Waals surface area contributed by atoms with E-state index < -0.39 is 5.54 Å². The van der Waals surface area contributed by atoms with Gasteiger partial charge in [-0.25, -0.2) is 0 Å². The van der Waals surface area contributed by atoms with E-state index in [2.05, 4.69) is 38.7 Å². The summed E-state index contributed by atoms with van der Waals surface area (Å²) in [6, 6.07) is 6.11. The average molecular weight is 500 g/mol. The molecule has 1 saturated heterocycles. The smallest absolute Gasteiger partial charge is 0.227 e. The van der Waals surface area contributed by atoms with Crippen LogP contribution in [0.4, 0.5) is 5.69 Å². The molecule has 2 aromatic rings. The molecule has 2 fully saturated rings. The second-order valence-electron chi connectivity index (χ2n) is 9.72. The minimum absolute atomic E-state index is 0.0783. The van der Waals surface area contributed by atoms with E-state index in [1.807, 2.05) is 23.9 Å². The van der Waals surface area contributed by atoms with Crippen molar-refractivity contribution in [1.82, 2.24) is 20.4 Å². The zero-order valence-corrected chi connectivity index (χ0v) is 21.7. The Morgan fingerprint density at radius 1 is 1.14 bits per heavy atom. The Balaban J connectivity index is 1.35. The molecule has 1 aromatic heterocycles. The Bertz CT molecular complexity index is 1010. The summed E-state index contributed by atoms with van der Waals surface area (Å²) in [5.41, 5.74) is 2.65. The van der Waals surface area contributed by atoms with Gasteiger partial charge in [0, 0.05) is 56.6 Å². The summed E-state index contributed by atoms with van der Waals surface area (Å²) in [5.74, 6) is 3.15. The third-order valence-electron chi connectivity index (χ3n) is 7.05. The molecular formula is C26H37N5O3S. The summed E-state index contributed by atoms with van der Waals surface area (Å²) >= 11 is 2.01. The number of thioether (sulfide) groups is 1. The molecule has 9 heteroatoms. The normalized spacial score (nSPS) is 18.6. The summed E-state index contributed by atoms with van der Waals surface area (Å²) in [6.45, 7) is 6.73. The van der Waals surface area contributed by atoms with Crippen LogP contribution in [-0.4, -0.2) is 51.5 Å². The number of nitrogens with zero attached hydrogens (tertiary/aromatic N) is 3. The second-order valence-corrected chi connectivity index (χ2v) is 10.9. The zero-order valence-electron chi connectivity index (χ0n) is 20.9. The monoisotopic (exact) mass is 499 g/mol. The predicted molar refractivity (Wildman–Crippen MR) is 138 cm³/mol. The highest BCUT2D eigenvalue weighted by Crippen LogP contribution is 2.34. The first-order valence-corrected chi connectivity index (χ1v) is 13.9. The van der Waals surface area contributed by atoms with Gasteiger partial charge in [-0.15, -0.1) is 0 Å². The standard InChI is InChI=1S/C26H37N5O3S/c1-19-21(18-31-14-16-35-17-15-31)8-7-9-22(19)27-23(33)10-11-24-28-25(30-34-24)26(29-20(2)32)12-5-3-4-6-13-26/h7-9H,3-6,10-18H2,1-2H3,(H,27,33)(H,29,32). The minimum atomic E-state index is -0.572. The second kappa shape index (κ2) is 12.0. The molecule has 1 aliphatic heterocycles. The van der Waals surface area contributed by atoms with Crippen LogP contribution in [0.2, 0.25) is 0 Å². The van der Waals surface area contributed by atoms with E-state index in [-0.39, 0.29) is 18.2 Å². The number of carbonyl (C=O) groups is 2. The summed E-state index contributed by atoms with van der Waals surface area (Å²) in [5, 5.41) is 10.4. The topological polar surface area (TPSA) is 100 Å². The van der Waals surface area contributed by atoms with E-state index in [0.29, 0.717) is 18.1 Å². The lowest BCUT2D eigenvalue weighted by Gasteiger charge is -2.30. The molecule has 0 unspecified atom stereocenters. The lowest BCUT2D eigenvalue weighted by Crippen LogP contribution is -2.45. The Morgan fingerprint density at radius 2 is 1.89 bits per heavy atom. The van der Waals surface area contributed by atoms with Crippen LogP contribution < -0.4 is 10.6 Å². The Morgan fingerprint density at radius 3 is 2.60 bits per heavy atom. The van der Waals surface area contributed by atoms with Crippen LogP contribution in [0.5, 0.6) is 0 Å². The van der Waals surface area contributed by atoms with Crippen molar-refractivity contribution in [2.24, 2.45) is 0 Å². The van der Waals surface area contributed by atoms with Gasteiger partial charge in [-0.3, -0.25) is 14.5 Å². The van der Waals surface area contributed by atoms with Crippen molar-refractivity contribution < 1.29 is 14.1 Å². The Labute approximate surface area is 212 Å². The van der Waals surface area contributed by atoms with E-state index in [1.165, 1.54) is 24.0 Å². The van der Waals surface area contributed by atoms with Crippen LogP contribution in [0.15, 0.2) is 22.7 Å². The van der Waals surface area contributed by atoms with Gasteiger partial charge in [0.25, 0.3) is 0 Å². The first kappa shape index (κ1) is 25.7. The van der Waals surface area contributed by atoms with Crippen LogP contribution in [-0.2, 0) is 28.1 Å². The highest BCUT2D eigenvalue weighted by Gasteiger charge is 2.38. The summed E-state index contributed by atoms with van der Waals surface area (Å²) in [7, 11) is 0. The van der Waals surface area contributed by atoms with E-state index in [4.69, 9.17) is 4.52 Å². The molecule has 2 amide bonds. The van der Waals surface area contributed by atoms with Gasteiger partial charge < -0.3 is 15.2 Å². The van der Waals surface area contributed by atoms with Gasteiger partial charge in [0.05, 0.1) is 0 Å². The molecule has 0 bridgehead atoms. The molecule has 2 aliphatic rings. The van der Waals surface area contributed by atoms with Gasteiger partial charge in [-0.2, -0.15) is 16.7 Å². The fraction of sp³-hybridized carbons (Fsp3) is 0.615. The molecule has 0 radical (unpaired) electrons. The maximum absolute atomic E-state index is 12.7. The maximum atomic E-state index is 12.7. The van der Waals surface area contributed by atoms with Crippen molar-refractivity contribution >= 4 is 29.3 Å². The van der Waals surface area contributed by atoms with Crippen molar-refractivity contribution in [2.75, 3.05) is 29.9 Å². The average Bonchev–Trinajstić information content (AvgIpc) is 3.21. The quantitative estimate of drug-likeness (QED) is 0.526. The summed E-state index contributed by atoms with van der Waals surface area (Å²) in [6.07, 6.45) is 6.54. The number of aromatic nitrogens is 2. The molecule has 1 aromatic carbocycles. The molecule has 4 rings (SSSR count). The maximum Gasteiger partial charge on any atom is 0.227 e. The number of benzene rings is 1. The number of hydrogen-bond acceptors (Lipinski definition) is 7. The van der Waals surface area contributed by atoms with Crippen LogP contribution in [0.25, 0.3) is 0 Å². The third kappa shape index (κ3) is 6.85. The van der Waals surface area contributed by atoms with Gasteiger partial charge in [-0.05, 0) is 37.0 Å². The van der Waals surface area contributed by atoms with Gasteiger partial charge in [0.15, 0.2) is 5.82 Å². The fourth-order valence-corrected chi connectivity index (χ4v) is 6.03. The minimum Gasteiger partial charge on any atom is -0.343 e. The molecule has 35 heavy (non-hydrogen) atoms. The number of aryl methyl sites for hydroxylation is 1. The lowest BCUT2D eigenvalue weighted by atomic mass is 9.89. The van der Waals surface area contributed by atoms with E-state index in [9.17, 15) is 9.59 Å². The Hall–Kier alpha value is -2.39. The number of hydrogen-bond donors (Lipinski definition) is 2. The first-order chi connectivity index (χ1) is 16.9. The molecular weight excluding hydrogens is 462 g/mol. The molecule has 0 spiro atoms. The number of rotatable bonds is 8. The highest BCUT2D eigenvalue weighted by atomic mass is 32.2. The predicted octanol–water partition coefficient (Wildman–Crippen LogP) is 4.18. The van der Waals surface area contributed by atoms with Crippen molar-refractivity contribution in [3.63, 3.8) is 0 Å². The van der Waals surface area contributed by atoms with Crippen molar-refractivity contribution in [3.05, 3.63) is 41.0 Å². The number of carbonyl (C=O) groups excluding carboxylic acids is 2. The van der Waals surface area contributed by atoms with Gasteiger partial charge >= 0.3 is 0 Å². The Kier molecular flexibility index (Phi) is 8.83. The molecule has 190 valence electrons. The van der Waals surface area contributed by atoms with Crippen molar-refractivity contribution in [1.29, 1.82) is 0 Å². The summed E-state index contributed by atoms with van der Waals surface area (Å²) in [4.78, 5) is 31.7. The SMILES string of the molecule is CC(=O)NC1(c2noc(CCC(=O)Nc3cccc(CN4CCSCC4)c3C)n2)CCCCCC1. The van der Waals surface area contributed by atoms with Gasteiger partial charge in [0.1, 0.15) is 5.54 Å². The number of amides is 2. The van der Waals surface area contributed by atoms with Crippen LogP contribution >= 0.6 is 11.8 Å². The molecule has 2 heterocycles. The van der Waals surface area contributed by atoms with Crippen LogP contribution in [0.3, 0.4) is 0 Å². The van der Waals surface area contributed by atoms with Gasteiger partial charge in [0.2, 0.25) is 17.7 Å². The molecule has 1 saturated carbocycles. The lowest BCUT2D eigenvalue weighted by molar-refractivity contribution is -0.121. The van der Waals surface area contributed by atoms with Gasteiger partial charge in [-0.1, -0.05) is 43.0 Å². The highest BCUT2D eigenvalue weighted by molar-refractivity contribution is 7.99. The molecule has 2 N–H and O–H groups in total. The third-order valence-corrected chi connectivity index (χ3v) is 7.99. The van der Waals surface area contributed by atoms with Crippen LogP contribution in [0.1, 0.15) is 74.7 Å². The zero-order chi connectivity index (χ0) is 24.7. The molecule has 0 atom stereocenters. The van der Waals surface area contributed by atoms with Crippen LogP contribution in [0, 0.1) is 6.92 Å². The number of nitrogens with one attached hydrogen (secondary N) is 2. The van der Waals surface area contributed by atoms with Crippen molar-refractivity contribution in [2.45, 2.75) is 77.3 Å². The molecule has 8 nitrogen and oxygen atoms in total. The first-order valence-electron chi connectivity index (χ1n) is 12.8. The van der Waals surface area contributed by atoms with E-state index in [1.54, 1.807) is 0 Å². The number of anilines is 1. The van der Waals surface area contributed by atoms with Crippen molar-refractivity contribution in [3.8, 4) is 0 Å².